The fourth-order valence-electron chi connectivity index (χ4n) is 3.48. The molecule has 1 aliphatic rings. The SMILES string of the molecule is CN=C(NCc1ccccc1N1CCOCC1)NC(C)CCc1ccccc1.I. The van der Waals surface area contributed by atoms with E-state index in [1.165, 1.54) is 16.8 Å². The van der Waals surface area contributed by atoms with Gasteiger partial charge in [-0.05, 0) is 37.0 Å². The van der Waals surface area contributed by atoms with Crippen LogP contribution in [0.5, 0.6) is 0 Å². The second kappa shape index (κ2) is 12.7. The quantitative estimate of drug-likeness (QED) is 0.339. The van der Waals surface area contributed by atoms with Crippen LogP contribution in [0.15, 0.2) is 59.6 Å². The van der Waals surface area contributed by atoms with Gasteiger partial charge in [-0.15, -0.1) is 24.0 Å². The Morgan fingerprint density at radius 2 is 1.76 bits per heavy atom. The minimum atomic E-state index is 0. The standard InChI is InChI=1S/C23H32N4O.HI/c1-19(12-13-20-8-4-3-5-9-20)26-23(24-2)25-18-21-10-6-7-11-22(21)27-14-16-28-17-15-27;/h3-11,19H,12-18H2,1-2H3,(H2,24,25,26);1H. The number of para-hydroxylation sites is 1. The molecule has 1 fully saturated rings. The Balaban J connectivity index is 0.00000300. The Labute approximate surface area is 192 Å². The first-order chi connectivity index (χ1) is 13.8. The van der Waals surface area contributed by atoms with E-state index in [0.29, 0.717) is 6.04 Å². The van der Waals surface area contributed by atoms with Gasteiger partial charge in [0.2, 0.25) is 0 Å². The van der Waals surface area contributed by atoms with E-state index in [0.717, 1.165) is 51.6 Å². The Morgan fingerprint density at radius 1 is 1.07 bits per heavy atom. The predicted octanol–water partition coefficient (Wildman–Crippen LogP) is 3.83. The Hall–Kier alpha value is -1.80. The zero-order chi connectivity index (χ0) is 19.6. The molecule has 0 bridgehead atoms. The number of aliphatic imine (C=N–C) groups is 1. The fraction of sp³-hybridized carbons (Fsp3) is 0.435. The van der Waals surface area contributed by atoms with Crippen LogP contribution in [0.25, 0.3) is 0 Å². The van der Waals surface area contributed by atoms with E-state index in [-0.39, 0.29) is 24.0 Å². The molecule has 1 unspecified atom stereocenters. The summed E-state index contributed by atoms with van der Waals surface area (Å²) in [6.07, 6.45) is 2.13. The Bertz CT molecular complexity index is 748. The molecule has 1 heterocycles. The molecule has 158 valence electrons. The molecule has 6 heteroatoms. The van der Waals surface area contributed by atoms with Crippen molar-refractivity contribution in [2.24, 2.45) is 4.99 Å². The van der Waals surface area contributed by atoms with Crippen LogP contribution < -0.4 is 15.5 Å². The molecule has 0 aromatic heterocycles. The zero-order valence-corrected chi connectivity index (χ0v) is 19.8. The van der Waals surface area contributed by atoms with Crippen LogP contribution in [-0.2, 0) is 17.7 Å². The van der Waals surface area contributed by atoms with Crippen LogP contribution in [0.3, 0.4) is 0 Å². The Morgan fingerprint density at radius 3 is 2.48 bits per heavy atom. The van der Waals surface area contributed by atoms with Gasteiger partial charge in [0.25, 0.3) is 0 Å². The van der Waals surface area contributed by atoms with E-state index in [4.69, 9.17) is 4.74 Å². The molecule has 1 saturated heterocycles. The molecule has 3 rings (SSSR count). The Kier molecular flexibility index (Phi) is 10.3. The van der Waals surface area contributed by atoms with E-state index in [9.17, 15) is 0 Å². The maximum atomic E-state index is 5.49. The van der Waals surface area contributed by atoms with Gasteiger partial charge in [-0.1, -0.05) is 48.5 Å². The predicted molar refractivity (Wildman–Crippen MR) is 132 cm³/mol. The molecular weight excluding hydrogens is 475 g/mol. The summed E-state index contributed by atoms with van der Waals surface area (Å²) in [7, 11) is 1.83. The second-order valence-electron chi connectivity index (χ2n) is 7.22. The minimum absolute atomic E-state index is 0. The number of hydrogen-bond donors (Lipinski definition) is 2. The molecule has 2 aromatic carbocycles. The van der Waals surface area contributed by atoms with E-state index in [1.807, 2.05) is 7.05 Å². The summed E-state index contributed by atoms with van der Waals surface area (Å²) >= 11 is 0. The number of anilines is 1. The topological polar surface area (TPSA) is 48.9 Å². The molecule has 5 nitrogen and oxygen atoms in total. The lowest BCUT2D eigenvalue weighted by Gasteiger charge is -2.30. The molecule has 1 atom stereocenters. The largest absolute Gasteiger partial charge is 0.378 e. The zero-order valence-electron chi connectivity index (χ0n) is 17.4. The summed E-state index contributed by atoms with van der Waals surface area (Å²) in [4.78, 5) is 6.80. The summed E-state index contributed by atoms with van der Waals surface area (Å²) in [5.41, 5.74) is 3.94. The molecule has 1 aliphatic heterocycles. The smallest absolute Gasteiger partial charge is 0.191 e. The molecule has 0 spiro atoms. The van der Waals surface area contributed by atoms with Gasteiger partial charge in [-0.25, -0.2) is 0 Å². The molecular formula is C23H33IN4O. The number of halogens is 1. The molecule has 2 N–H and O–H groups in total. The number of ether oxygens (including phenoxy) is 1. The molecule has 29 heavy (non-hydrogen) atoms. The van der Waals surface area contributed by atoms with Gasteiger partial charge in [0.05, 0.1) is 13.2 Å². The van der Waals surface area contributed by atoms with Crippen molar-refractivity contribution in [1.82, 2.24) is 10.6 Å². The van der Waals surface area contributed by atoms with E-state index in [2.05, 4.69) is 82.0 Å². The maximum Gasteiger partial charge on any atom is 0.191 e. The van der Waals surface area contributed by atoms with E-state index in [1.54, 1.807) is 0 Å². The number of hydrogen-bond acceptors (Lipinski definition) is 3. The number of rotatable bonds is 7. The van der Waals surface area contributed by atoms with Gasteiger partial charge >= 0.3 is 0 Å². The third kappa shape index (κ3) is 7.51. The highest BCUT2D eigenvalue weighted by molar-refractivity contribution is 14.0. The van der Waals surface area contributed by atoms with Crippen molar-refractivity contribution in [1.29, 1.82) is 0 Å². The number of nitrogens with one attached hydrogen (secondary N) is 2. The van der Waals surface area contributed by atoms with Crippen LogP contribution in [0.4, 0.5) is 5.69 Å². The van der Waals surface area contributed by atoms with Crippen molar-refractivity contribution in [3.05, 3.63) is 65.7 Å². The highest BCUT2D eigenvalue weighted by Gasteiger charge is 2.14. The van der Waals surface area contributed by atoms with Gasteiger partial charge < -0.3 is 20.3 Å². The number of benzene rings is 2. The lowest BCUT2D eigenvalue weighted by molar-refractivity contribution is 0.122. The van der Waals surface area contributed by atoms with Crippen LogP contribution in [-0.4, -0.2) is 45.4 Å². The normalized spacial score (nSPS) is 15.4. The fourth-order valence-corrected chi connectivity index (χ4v) is 3.48. The third-order valence-electron chi connectivity index (χ3n) is 5.11. The summed E-state index contributed by atoms with van der Waals surface area (Å²) in [6.45, 7) is 6.44. The molecule has 0 amide bonds. The first-order valence-electron chi connectivity index (χ1n) is 10.2. The van der Waals surface area contributed by atoms with Gasteiger partial charge in [-0.2, -0.15) is 0 Å². The summed E-state index contributed by atoms with van der Waals surface area (Å²) in [6, 6.07) is 19.6. The van der Waals surface area contributed by atoms with Crippen molar-refractivity contribution in [3.63, 3.8) is 0 Å². The van der Waals surface area contributed by atoms with Gasteiger partial charge in [0, 0.05) is 38.4 Å². The van der Waals surface area contributed by atoms with Crippen LogP contribution in [0.2, 0.25) is 0 Å². The van der Waals surface area contributed by atoms with Gasteiger partial charge in [0.15, 0.2) is 5.96 Å². The first-order valence-corrected chi connectivity index (χ1v) is 10.2. The van der Waals surface area contributed by atoms with E-state index >= 15 is 0 Å². The van der Waals surface area contributed by atoms with Crippen molar-refractivity contribution < 1.29 is 4.74 Å². The number of guanidine groups is 1. The molecule has 2 aromatic rings. The van der Waals surface area contributed by atoms with Crippen LogP contribution >= 0.6 is 24.0 Å². The third-order valence-corrected chi connectivity index (χ3v) is 5.11. The van der Waals surface area contributed by atoms with Gasteiger partial charge in [0.1, 0.15) is 0 Å². The first kappa shape index (κ1) is 23.5. The van der Waals surface area contributed by atoms with Crippen LogP contribution in [0.1, 0.15) is 24.5 Å². The molecule has 0 radical (unpaired) electrons. The van der Waals surface area contributed by atoms with Crippen molar-refractivity contribution >= 4 is 35.6 Å². The second-order valence-corrected chi connectivity index (χ2v) is 7.22. The lowest BCUT2D eigenvalue weighted by Crippen LogP contribution is -2.42. The number of nitrogens with zero attached hydrogens (tertiary/aromatic N) is 2. The highest BCUT2D eigenvalue weighted by atomic mass is 127. The summed E-state index contributed by atoms with van der Waals surface area (Å²) in [5, 5.41) is 6.99. The summed E-state index contributed by atoms with van der Waals surface area (Å²) in [5.74, 6) is 0.845. The average molecular weight is 508 g/mol. The van der Waals surface area contributed by atoms with Gasteiger partial charge in [-0.3, -0.25) is 4.99 Å². The van der Waals surface area contributed by atoms with Crippen LogP contribution in [0, 0.1) is 0 Å². The number of morpholine rings is 1. The van der Waals surface area contributed by atoms with Crippen molar-refractivity contribution in [2.75, 3.05) is 38.3 Å². The highest BCUT2D eigenvalue weighted by Crippen LogP contribution is 2.21. The molecule has 0 saturated carbocycles. The summed E-state index contributed by atoms with van der Waals surface area (Å²) < 4.78 is 5.49. The van der Waals surface area contributed by atoms with E-state index < -0.39 is 0 Å². The molecule has 0 aliphatic carbocycles. The lowest BCUT2D eigenvalue weighted by atomic mass is 10.1. The monoisotopic (exact) mass is 508 g/mol. The van der Waals surface area contributed by atoms with Crippen molar-refractivity contribution in [2.45, 2.75) is 32.4 Å². The minimum Gasteiger partial charge on any atom is -0.378 e. The average Bonchev–Trinajstić information content (AvgIpc) is 2.76. The number of aryl methyl sites for hydroxylation is 1. The van der Waals surface area contributed by atoms with Crippen molar-refractivity contribution in [3.8, 4) is 0 Å². The maximum absolute atomic E-state index is 5.49.